The van der Waals surface area contributed by atoms with Crippen molar-refractivity contribution >= 4 is 5.69 Å². The van der Waals surface area contributed by atoms with E-state index in [2.05, 4.69) is 15.0 Å². The Hall–Kier alpha value is -1.46. The number of ether oxygens (including phenoxy) is 1. The number of hydrogen-bond donors (Lipinski definition) is 1. The van der Waals surface area contributed by atoms with Crippen molar-refractivity contribution in [1.82, 2.24) is 4.98 Å². The average Bonchev–Trinajstić information content (AvgIpc) is 2.66. The Morgan fingerprint density at radius 3 is 2.40 bits per heavy atom. The molecule has 1 aliphatic carbocycles. The molecule has 20 heavy (non-hydrogen) atoms. The average molecular weight is 288 g/mol. The summed E-state index contributed by atoms with van der Waals surface area (Å²) in [5.41, 5.74) is 0.830. The molecule has 112 valence electrons. The van der Waals surface area contributed by atoms with Crippen LogP contribution in [-0.4, -0.2) is 23.8 Å². The van der Waals surface area contributed by atoms with Gasteiger partial charge in [-0.2, -0.15) is 13.2 Å². The monoisotopic (exact) mass is 288 g/mol. The molecule has 0 aliphatic heterocycles. The van der Waals surface area contributed by atoms with Crippen molar-refractivity contribution in [2.75, 3.05) is 11.9 Å². The van der Waals surface area contributed by atoms with E-state index in [4.69, 9.17) is 0 Å². The van der Waals surface area contributed by atoms with E-state index in [1.54, 1.807) is 6.07 Å². The molecule has 3 nitrogen and oxygen atoms in total. The van der Waals surface area contributed by atoms with Gasteiger partial charge in [-0.25, -0.2) is 4.98 Å². The van der Waals surface area contributed by atoms with Gasteiger partial charge < -0.3 is 10.1 Å². The molecule has 1 aliphatic rings. The summed E-state index contributed by atoms with van der Waals surface area (Å²) in [6, 6.07) is 3.61. The molecule has 1 heterocycles. The first-order valence-corrected chi connectivity index (χ1v) is 6.95. The minimum Gasteiger partial charge on any atom is -0.468 e. The van der Waals surface area contributed by atoms with E-state index in [0.717, 1.165) is 18.5 Å². The van der Waals surface area contributed by atoms with Crippen LogP contribution in [0.15, 0.2) is 18.3 Å². The maximum absolute atomic E-state index is 12.0. The van der Waals surface area contributed by atoms with Crippen LogP contribution in [0.1, 0.15) is 38.5 Å². The zero-order valence-electron chi connectivity index (χ0n) is 11.2. The second kappa shape index (κ2) is 6.81. The lowest BCUT2D eigenvalue weighted by molar-refractivity contribution is -0.154. The fourth-order valence-corrected chi connectivity index (χ4v) is 2.37. The van der Waals surface area contributed by atoms with Crippen molar-refractivity contribution in [2.24, 2.45) is 0 Å². The van der Waals surface area contributed by atoms with Gasteiger partial charge in [0.25, 0.3) is 0 Å². The van der Waals surface area contributed by atoms with E-state index < -0.39 is 12.8 Å². The van der Waals surface area contributed by atoms with Crippen LogP contribution in [-0.2, 0) is 0 Å². The first kappa shape index (κ1) is 14.9. The first-order chi connectivity index (χ1) is 9.53. The van der Waals surface area contributed by atoms with Crippen LogP contribution in [0.5, 0.6) is 5.88 Å². The smallest absolute Gasteiger partial charge is 0.422 e. The van der Waals surface area contributed by atoms with Gasteiger partial charge in [0, 0.05) is 12.1 Å². The quantitative estimate of drug-likeness (QED) is 0.845. The molecule has 1 aromatic heterocycles. The SMILES string of the molecule is FC(F)(F)COc1ccc(NC2CCCCCC2)cn1. The molecule has 6 heteroatoms. The number of aromatic nitrogens is 1. The van der Waals surface area contributed by atoms with Gasteiger partial charge in [-0.1, -0.05) is 25.7 Å². The zero-order chi connectivity index (χ0) is 14.4. The maximum atomic E-state index is 12.0. The normalized spacial score (nSPS) is 17.6. The highest BCUT2D eigenvalue weighted by molar-refractivity contribution is 5.43. The van der Waals surface area contributed by atoms with Gasteiger partial charge >= 0.3 is 6.18 Å². The van der Waals surface area contributed by atoms with Gasteiger partial charge in [0.2, 0.25) is 5.88 Å². The Labute approximate surface area is 116 Å². The second-order valence-electron chi connectivity index (χ2n) is 5.12. The van der Waals surface area contributed by atoms with Crippen molar-refractivity contribution in [2.45, 2.75) is 50.7 Å². The zero-order valence-corrected chi connectivity index (χ0v) is 11.2. The number of nitrogens with zero attached hydrogens (tertiary/aromatic N) is 1. The van der Waals surface area contributed by atoms with Gasteiger partial charge in [-0.3, -0.25) is 0 Å². The predicted molar refractivity (Wildman–Crippen MR) is 70.9 cm³/mol. The fraction of sp³-hybridized carbons (Fsp3) is 0.643. The fourth-order valence-electron chi connectivity index (χ4n) is 2.37. The third-order valence-electron chi connectivity index (χ3n) is 3.35. The van der Waals surface area contributed by atoms with Crippen LogP contribution in [0, 0.1) is 0 Å². The van der Waals surface area contributed by atoms with E-state index >= 15 is 0 Å². The number of rotatable bonds is 4. The summed E-state index contributed by atoms with van der Waals surface area (Å²) in [7, 11) is 0. The maximum Gasteiger partial charge on any atom is 0.422 e. The summed E-state index contributed by atoms with van der Waals surface area (Å²) in [5, 5.41) is 3.38. The summed E-state index contributed by atoms with van der Waals surface area (Å²) >= 11 is 0. The standard InChI is InChI=1S/C14H19F3N2O/c15-14(16,17)10-20-13-8-7-12(9-18-13)19-11-5-3-1-2-4-6-11/h7-9,11,19H,1-6,10H2. The molecule has 1 N–H and O–H groups in total. The number of halogens is 3. The molecule has 1 fully saturated rings. The topological polar surface area (TPSA) is 34.1 Å². The Balaban J connectivity index is 1.84. The van der Waals surface area contributed by atoms with E-state index in [0.29, 0.717) is 6.04 Å². The molecule has 0 radical (unpaired) electrons. The minimum atomic E-state index is -4.33. The van der Waals surface area contributed by atoms with Crippen LogP contribution in [0.25, 0.3) is 0 Å². The highest BCUT2D eigenvalue weighted by Crippen LogP contribution is 2.22. The number of pyridine rings is 1. The van der Waals surface area contributed by atoms with Crippen molar-refractivity contribution in [3.63, 3.8) is 0 Å². The van der Waals surface area contributed by atoms with Gasteiger partial charge in [0.15, 0.2) is 6.61 Å². The second-order valence-corrected chi connectivity index (χ2v) is 5.12. The van der Waals surface area contributed by atoms with Crippen LogP contribution in [0.4, 0.5) is 18.9 Å². The van der Waals surface area contributed by atoms with E-state index in [1.165, 1.54) is 37.9 Å². The molecule has 0 atom stereocenters. The van der Waals surface area contributed by atoms with Gasteiger partial charge in [0.05, 0.1) is 11.9 Å². The van der Waals surface area contributed by atoms with E-state index in [1.807, 2.05) is 0 Å². The minimum absolute atomic E-state index is 0.00580. The molecule has 0 spiro atoms. The summed E-state index contributed by atoms with van der Waals surface area (Å²) in [6.45, 7) is -1.31. The van der Waals surface area contributed by atoms with E-state index in [9.17, 15) is 13.2 Å². The lowest BCUT2D eigenvalue weighted by atomic mass is 10.1. The lowest BCUT2D eigenvalue weighted by Crippen LogP contribution is -2.20. The molecule has 0 amide bonds. The van der Waals surface area contributed by atoms with Gasteiger partial charge in [-0.15, -0.1) is 0 Å². The molecule has 1 aromatic rings. The highest BCUT2D eigenvalue weighted by atomic mass is 19.4. The van der Waals surface area contributed by atoms with Gasteiger partial charge in [0.1, 0.15) is 0 Å². The van der Waals surface area contributed by atoms with E-state index in [-0.39, 0.29) is 5.88 Å². The molecular weight excluding hydrogens is 269 g/mol. The molecular formula is C14H19F3N2O. The summed E-state index contributed by atoms with van der Waals surface area (Å²) < 4.78 is 40.6. The van der Waals surface area contributed by atoms with Crippen molar-refractivity contribution in [3.05, 3.63) is 18.3 Å². The molecule has 0 unspecified atom stereocenters. The Bertz CT molecular complexity index is 398. The van der Waals surface area contributed by atoms with Crippen LogP contribution >= 0.6 is 0 Å². The van der Waals surface area contributed by atoms with Crippen molar-refractivity contribution in [1.29, 1.82) is 0 Å². The van der Waals surface area contributed by atoms with Gasteiger partial charge in [-0.05, 0) is 18.9 Å². The highest BCUT2D eigenvalue weighted by Gasteiger charge is 2.28. The van der Waals surface area contributed by atoms with Crippen molar-refractivity contribution in [3.8, 4) is 5.88 Å². The summed E-state index contributed by atoms with van der Waals surface area (Å²) in [4.78, 5) is 3.89. The number of nitrogens with one attached hydrogen (secondary N) is 1. The first-order valence-electron chi connectivity index (χ1n) is 6.95. The number of alkyl halides is 3. The number of anilines is 1. The van der Waals surface area contributed by atoms with Crippen LogP contribution in [0.2, 0.25) is 0 Å². The molecule has 1 saturated carbocycles. The molecule has 2 rings (SSSR count). The lowest BCUT2D eigenvalue weighted by Gasteiger charge is -2.17. The summed E-state index contributed by atoms with van der Waals surface area (Å²) in [6.07, 6.45) is 4.45. The molecule has 0 saturated heterocycles. The Morgan fingerprint density at radius 2 is 1.85 bits per heavy atom. The van der Waals surface area contributed by atoms with Crippen LogP contribution < -0.4 is 10.1 Å². The largest absolute Gasteiger partial charge is 0.468 e. The third kappa shape index (κ3) is 5.27. The number of hydrogen-bond acceptors (Lipinski definition) is 3. The summed E-state index contributed by atoms with van der Waals surface area (Å²) in [5.74, 6) is -0.00580. The molecule has 0 aromatic carbocycles. The Morgan fingerprint density at radius 1 is 1.15 bits per heavy atom. The van der Waals surface area contributed by atoms with Crippen LogP contribution in [0.3, 0.4) is 0 Å². The third-order valence-corrected chi connectivity index (χ3v) is 3.35. The van der Waals surface area contributed by atoms with Crippen molar-refractivity contribution < 1.29 is 17.9 Å². The Kier molecular flexibility index (Phi) is 5.09. The molecule has 0 bridgehead atoms. The predicted octanol–water partition coefficient (Wildman–Crippen LogP) is 4.16.